The van der Waals surface area contributed by atoms with Crippen LogP contribution < -0.4 is 20.5 Å². The van der Waals surface area contributed by atoms with E-state index in [0.717, 1.165) is 15.7 Å². The highest BCUT2D eigenvalue weighted by Gasteiger charge is 2.19. The van der Waals surface area contributed by atoms with Crippen molar-refractivity contribution in [1.29, 1.82) is 0 Å². The van der Waals surface area contributed by atoms with Gasteiger partial charge in [-0.2, -0.15) is 5.10 Å². The Balaban J connectivity index is 1.92. The van der Waals surface area contributed by atoms with Gasteiger partial charge in [0, 0.05) is 29.4 Å². The van der Waals surface area contributed by atoms with E-state index in [1.165, 1.54) is 0 Å². The van der Waals surface area contributed by atoms with Crippen LogP contribution in [0.1, 0.15) is 24.2 Å². The number of carbonyl (C=O) groups excluding carboxylic acids is 1. The fourth-order valence-corrected chi connectivity index (χ4v) is 3.40. The molecule has 1 aromatic heterocycles. The Kier molecular flexibility index (Phi) is 6.48. The van der Waals surface area contributed by atoms with Crippen LogP contribution in [0.5, 0.6) is 11.5 Å². The Labute approximate surface area is 184 Å². The van der Waals surface area contributed by atoms with Gasteiger partial charge in [0.15, 0.2) is 0 Å². The molecule has 0 saturated carbocycles. The average Bonchev–Trinajstić information content (AvgIpc) is 3.04. The van der Waals surface area contributed by atoms with Gasteiger partial charge in [-0.1, -0.05) is 0 Å². The molecule has 3 rings (SSSR count). The maximum atomic E-state index is 12.7. The van der Waals surface area contributed by atoms with Crippen molar-refractivity contribution in [2.24, 2.45) is 12.8 Å². The zero-order chi connectivity index (χ0) is 21.9. The van der Waals surface area contributed by atoms with Crippen molar-refractivity contribution < 1.29 is 14.3 Å². The topological polar surface area (TPSA) is 91.4 Å². The summed E-state index contributed by atoms with van der Waals surface area (Å²) in [6.07, 6.45) is 1.72. The van der Waals surface area contributed by atoms with Gasteiger partial charge in [0.05, 0.1) is 23.5 Å². The minimum absolute atomic E-state index is 0.218. The molecule has 0 aliphatic rings. The average molecular weight is 473 g/mol. The molecule has 0 radical (unpaired) electrons. The van der Waals surface area contributed by atoms with E-state index in [1.54, 1.807) is 48.3 Å². The van der Waals surface area contributed by atoms with Crippen LogP contribution in [0.15, 0.2) is 53.1 Å². The number of aromatic nitrogens is 2. The second kappa shape index (κ2) is 8.89. The summed E-state index contributed by atoms with van der Waals surface area (Å²) in [7, 11) is 3.43. The second-order valence-electron chi connectivity index (χ2n) is 7.64. The monoisotopic (exact) mass is 472 g/mol. The van der Waals surface area contributed by atoms with Crippen molar-refractivity contribution >= 4 is 27.5 Å². The van der Waals surface area contributed by atoms with Gasteiger partial charge in [0.1, 0.15) is 18.1 Å². The molecule has 8 heteroatoms. The summed E-state index contributed by atoms with van der Waals surface area (Å²) in [5.74, 6) is 1.13. The molecule has 0 atom stereocenters. The lowest BCUT2D eigenvalue weighted by atomic mass is 10.1. The fraction of sp³-hybridized carbons (Fsp3) is 0.273. The first kappa shape index (κ1) is 21.9. The maximum Gasteiger partial charge on any atom is 0.255 e. The molecule has 1 heterocycles. The molecule has 1 amide bonds. The number of amides is 1. The van der Waals surface area contributed by atoms with Crippen LogP contribution in [-0.2, 0) is 7.05 Å². The highest BCUT2D eigenvalue weighted by Crippen LogP contribution is 2.37. The smallest absolute Gasteiger partial charge is 0.255 e. The summed E-state index contributed by atoms with van der Waals surface area (Å²) in [5, 5.41) is 7.22. The molecular weight excluding hydrogens is 448 g/mol. The van der Waals surface area contributed by atoms with Crippen LogP contribution in [0.25, 0.3) is 11.3 Å². The Bertz CT molecular complexity index is 1020. The molecule has 30 heavy (non-hydrogen) atoms. The van der Waals surface area contributed by atoms with E-state index in [1.807, 2.05) is 33.0 Å². The lowest BCUT2D eigenvalue weighted by molar-refractivity contribution is 0.102. The van der Waals surface area contributed by atoms with Crippen LogP contribution in [0, 0.1) is 0 Å². The Morgan fingerprint density at radius 3 is 2.50 bits per heavy atom. The third-order valence-corrected chi connectivity index (χ3v) is 4.92. The molecule has 3 aromatic rings. The zero-order valence-corrected chi connectivity index (χ0v) is 19.0. The van der Waals surface area contributed by atoms with Crippen LogP contribution in [0.2, 0.25) is 0 Å². The summed E-state index contributed by atoms with van der Waals surface area (Å²) >= 11 is 3.54. The molecule has 2 aromatic carbocycles. The van der Waals surface area contributed by atoms with Crippen molar-refractivity contribution in [2.75, 3.05) is 19.0 Å². The number of hydrogen-bond donors (Lipinski definition) is 2. The van der Waals surface area contributed by atoms with Crippen LogP contribution >= 0.6 is 15.9 Å². The molecule has 0 saturated heterocycles. The molecule has 158 valence electrons. The summed E-state index contributed by atoms with van der Waals surface area (Å²) in [4.78, 5) is 12.7. The molecular formula is C22H25BrN4O3. The first-order chi connectivity index (χ1) is 14.2. The number of nitrogens with one attached hydrogen (secondary N) is 1. The Morgan fingerprint density at radius 1 is 1.23 bits per heavy atom. The SMILES string of the molecule is COc1ccc(C(=O)Nc2ccc(OCC(C)(C)N)c(-c3c(Br)cnn3C)c2)cc1. The molecule has 0 fully saturated rings. The lowest BCUT2D eigenvalue weighted by Crippen LogP contribution is -2.38. The third kappa shape index (κ3) is 5.20. The standard InChI is InChI=1S/C22H25BrN4O3/c1-22(2,24)13-30-19-10-7-15(11-17(19)20-18(23)12-25-27(20)3)26-21(28)14-5-8-16(29-4)9-6-14/h5-12H,13,24H2,1-4H3,(H,26,28). The molecule has 0 unspecified atom stereocenters. The number of hydrogen-bond acceptors (Lipinski definition) is 5. The number of aryl methyl sites for hydroxylation is 1. The van der Waals surface area contributed by atoms with Crippen LogP contribution in [0.4, 0.5) is 5.69 Å². The van der Waals surface area contributed by atoms with Crippen molar-refractivity contribution in [2.45, 2.75) is 19.4 Å². The van der Waals surface area contributed by atoms with Gasteiger partial charge in [0.2, 0.25) is 0 Å². The van der Waals surface area contributed by atoms with E-state index < -0.39 is 5.54 Å². The van der Waals surface area contributed by atoms with Crippen LogP contribution in [-0.4, -0.2) is 34.9 Å². The van der Waals surface area contributed by atoms with Gasteiger partial charge in [-0.15, -0.1) is 0 Å². The second-order valence-corrected chi connectivity index (χ2v) is 8.49. The van der Waals surface area contributed by atoms with E-state index in [0.29, 0.717) is 29.4 Å². The van der Waals surface area contributed by atoms with Crippen molar-refractivity contribution in [3.63, 3.8) is 0 Å². The van der Waals surface area contributed by atoms with Crippen molar-refractivity contribution in [3.8, 4) is 22.8 Å². The predicted molar refractivity (Wildman–Crippen MR) is 121 cm³/mol. The van der Waals surface area contributed by atoms with Gasteiger partial charge >= 0.3 is 0 Å². The minimum atomic E-state index is -0.484. The van der Waals surface area contributed by atoms with Gasteiger partial charge in [0.25, 0.3) is 5.91 Å². The number of nitrogens with two attached hydrogens (primary N) is 1. The van der Waals surface area contributed by atoms with E-state index in [-0.39, 0.29) is 5.91 Å². The number of carbonyl (C=O) groups is 1. The fourth-order valence-electron chi connectivity index (χ4n) is 2.84. The van der Waals surface area contributed by atoms with E-state index in [4.69, 9.17) is 15.2 Å². The highest BCUT2D eigenvalue weighted by molar-refractivity contribution is 9.10. The lowest BCUT2D eigenvalue weighted by Gasteiger charge is -2.21. The molecule has 3 N–H and O–H groups in total. The minimum Gasteiger partial charge on any atom is -0.497 e. The van der Waals surface area contributed by atoms with Gasteiger partial charge in [-0.05, 0) is 72.2 Å². The molecule has 0 bridgehead atoms. The van der Waals surface area contributed by atoms with Gasteiger partial charge in [-0.25, -0.2) is 0 Å². The number of halogens is 1. The largest absolute Gasteiger partial charge is 0.497 e. The van der Waals surface area contributed by atoms with Crippen molar-refractivity contribution in [1.82, 2.24) is 9.78 Å². The number of ether oxygens (including phenoxy) is 2. The number of methoxy groups -OCH3 is 1. The van der Waals surface area contributed by atoms with Gasteiger partial charge in [-0.3, -0.25) is 9.48 Å². The van der Waals surface area contributed by atoms with E-state index >= 15 is 0 Å². The zero-order valence-electron chi connectivity index (χ0n) is 17.4. The number of benzene rings is 2. The Hall–Kier alpha value is -2.84. The predicted octanol–water partition coefficient (Wildman–Crippen LogP) is 4.23. The number of rotatable bonds is 7. The summed E-state index contributed by atoms with van der Waals surface area (Å²) in [5.41, 5.74) is 8.38. The summed E-state index contributed by atoms with van der Waals surface area (Å²) in [6.45, 7) is 4.14. The maximum absolute atomic E-state index is 12.7. The number of anilines is 1. The van der Waals surface area contributed by atoms with E-state index in [2.05, 4.69) is 26.3 Å². The summed E-state index contributed by atoms with van der Waals surface area (Å²) < 4.78 is 13.7. The molecule has 0 spiro atoms. The Morgan fingerprint density at radius 2 is 1.93 bits per heavy atom. The third-order valence-electron chi connectivity index (χ3n) is 4.34. The van der Waals surface area contributed by atoms with E-state index in [9.17, 15) is 4.79 Å². The van der Waals surface area contributed by atoms with Crippen molar-refractivity contribution in [3.05, 3.63) is 58.7 Å². The molecule has 7 nitrogen and oxygen atoms in total. The quantitative estimate of drug-likeness (QED) is 0.536. The number of nitrogens with zero attached hydrogens (tertiary/aromatic N) is 2. The molecule has 0 aliphatic carbocycles. The first-order valence-electron chi connectivity index (χ1n) is 9.37. The molecule has 0 aliphatic heterocycles. The van der Waals surface area contributed by atoms with Crippen LogP contribution in [0.3, 0.4) is 0 Å². The first-order valence-corrected chi connectivity index (χ1v) is 10.2. The summed E-state index contributed by atoms with van der Waals surface area (Å²) in [6, 6.07) is 12.4. The highest BCUT2D eigenvalue weighted by atomic mass is 79.9. The van der Waals surface area contributed by atoms with Gasteiger partial charge < -0.3 is 20.5 Å². The normalized spacial score (nSPS) is 11.3.